The summed E-state index contributed by atoms with van der Waals surface area (Å²) in [5, 5.41) is 9.57. The standard InChI is InChI=1S/C13H16F3NO2/c14-13(15,16)11-3-1-2-10(6-11)7-17-4-5-19-9-12(18)8-17/h1-3,6,12,18H,4-5,7-9H2/t12-/m1/s1. The number of benzene rings is 1. The minimum atomic E-state index is -4.32. The number of β-amino-alcohol motifs (C(OH)–C–C–N with tert-alkyl or cyclic N) is 1. The molecule has 1 heterocycles. The van der Waals surface area contributed by atoms with Crippen molar-refractivity contribution >= 4 is 0 Å². The molecule has 0 unspecified atom stereocenters. The lowest BCUT2D eigenvalue weighted by Crippen LogP contribution is -2.32. The van der Waals surface area contributed by atoms with Gasteiger partial charge in [-0.15, -0.1) is 0 Å². The average molecular weight is 275 g/mol. The number of nitrogens with zero attached hydrogens (tertiary/aromatic N) is 1. The molecular weight excluding hydrogens is 259 g/mol. The lowest BCUT2D eigenvalue weighted by atomic mass is 10.1. The van der Waals surface area contributed by atoms with Gasteiger partial charge in [-0.1, -0.05) is 18.2 Å². The van der Waals surface area contributed by atoms with E-state index in [1.54, 1.807) is 6.07 Å². The third-order valence-corrected chi connectivity index (χ3v) is 2.99. The Morgan fingerprint density at radius 2 is 2.16 bits per heavy atom. The van der Waals surface area contributed by atoms with E-state index in [4.69, 9.17) is 4.74 Å². The van der Waals surface area contributed by atoms with Crippen molar-refractivity contribution in [1.29, 1.82) is 0 Å². The average Bonchev–Trinajstić information content (AvgIpc) is 2.53. The van der Waals surface area contributed by atoms with Crippen molar-refractivity contribution < 1.29 is 23.0 Å². The second kappa shape index (κ2) is 5.90. The summed E-state index contributed by atoms with van der Waals surface area (Å²) in [5.41, 5.74) is -0.0551. The van der Waals surface area contributed by atoms with Gasteiger partial charge in [0.2, 0.25) is 0 Å². The highest BCUT2D eigenvalue weighted by atomic mass is 19.4. The fraction of sp³-hybridized carbons (Fsp3) is 0.538. The molecule has 0 bridgehead atoms. The molecule has 106 valence electrons. The Morgan fingerprint density at radius 1 is 1.37 bits per heavy atom. The van der Waals surface area contributed by atoms with Gasteiger partial charge in [0, 0.05) is 19.6 Å². The number of ether oxygens (including phenoxy) is 1. The van der Waals surface area contributed by atoms with Gasteiger partial charge in [-0.05, 0) is 11.6 Å². The monoisotopic (exact) mass is 275 g/mol. The summed E-state index contributed by atoms with van der Waals surface area (Å²) in [6.07, 6.45) is -4.91. The Hall–Kier alpha value is -1.11. The summed E-state index contributed by atoms with van der Waals surface area (Å²) in [4.78, 5) is 1.90. The first-order valence-corrected chi connectivity index (χ1v) is 6.09. The zero-order valence-electron chi connectivity index (χ0n) is 10.4. The number of hydrogen-bond donors (Lipinski definition) is 1. The van der Waals surface area contributed by atoms with Gasteiger partial charge in [0.15, 0.2) is 0 Å². The highest BCUT2D eigenvalue weighted by molar-refractivity contribution is 5.25. The van der Waals surface area contributed by atoms with Crippen LogP contribution in [0, 0.1) is 0 Å². The minimum absolute atomic E-state index is 0.277. The molecule has 0 aromatic heterocycles. The molecule has 6 heteroatoms. The maximum Gasteiger partial charge on any atom is 0.416 e. The van der Waals surface area contributed by atoms with Crippen LogP contribution in [0.5, 0.6) is 0 Å². The molecule has 2 rings (SSSR count). The number of alkyl halides is 3. The lowest BCUT2D eigenvalue weighted by Gasteiger charge is -2.21. The predicted molar refractivity (Wildman–Crippen MR) is 63.5 cm³/mol. The maximum absolute atomic E-state index is 12.6. The van der Waals surface area contributed by atoms with E-state index in [0.29, 0.717) is 31.8 Å². The topological polar surface area (TPSA) is 32.7 Å². The molecule has 0 saturated carbocycles. The van der Waals surface area contributed by atoms with Crippen LogP contribution in [0.25, 0.3) is 0 Å². The summed E-state index contributed by atoms with van der Waals surface area (Å²) in [7, 11) is 0. The van der Waals surface area contributed by atoms with Crippen LogP contribution in [0.2, 0.25) is 0 Å². The second-order valence-corrected chi connectivity index (χ2v) is 4.66. The summed E-state index contributed by atoms with van der Waals surface area (Å²) in [6, 6.07) is 5.28. The zero-order valence-corrected chi connectivity index (χ0v) is 10.4. The van der Waals surface area contributed by atoms with E-state index in [2.05, 4.69) is 0 Å². The summed E-state index contributed by atoms with van der Waals surface area (Å²) in [6.45, 7) is 2.16. The van der Waals surface area contributed by atoms with Crippen molar-refractivity contribution in [3.8, 4) is 0 Å². The fourth-order valence-corrected chi connectivity index (χ4v) is 2.10. The van der Waals surface area contributed by atoms with Crippen LogP contribution in [0.15, 0.2) is 24.3 Å². The van der Waals surface area contributed by atoms with E-state index in [9.17, 15) is 18.3 Å². The molecule has 1 saturated heterocycles. The highest BCUT2D eigenvalue weighted by Crippen LogP contribution is 2.29. The first kappa shape index (κ1) is 14.3. The van der Waals surface area contributed by atoms with Crippen LogP contribution in [-0.4, -0.2) is 42.4 Å². The Kier molecular flexibility index (Phi) is 4.44. The molecule has 0 spiro atoms. The van der Waals surface area contributed by atoms with Gasteiger partial charge >= 0.3 is 6.18 Å². The quantitative estimate of drug-likeness (QED) is 0.894. The van der Waals surface area contributed by atoms with Crippen molar-refractivity contribution in [3.63, 3.8) is 0 Å². The van der Waals surface area contributed by atoms with Crippen LogP contribution in [0.3, 0.4) is 0 Å². The van der Waals surface area contributed by atoms with E-state index in [0.717, 1.165) is 12.1 Å². The third kappa shape index (κ3) is 4.19. The Bertz CT molecular complexity index is 423. The molecule has 1 atom stereocenters. The van der Waals surface area contributed by atoms with Gasteiger partial charge in [0.05, 0.1) is 24.9 Å². The van der Waals surface area contributed by atoms with Gasteiger partial charge in [-0.25, -0.2) is 0 Å². The Labute approximate surface area is 109 Å². The van der Waals surface area contributed by atoms with Gasteiger partial charge in [0.1, 0.15) is 0 Å². The largest absolute Gasteiger partial charge is 0.416 e. The Morgan fingerprint density at radius 3 is 2.89 bits per heavy atom. The molecule has 19 heavy (non-hydrogen) atoms. The van der Waals surface area contributed by atoms with Gasteiger partial charge in [-0.2, -0.15) is 13.2 Å². The molecule has 1 aromatic carbocycles. The highest BCUT2D eigenvalue weighted by Gasteiger charge is 2.30. The van der Waals surface area contributed by atoms with Crippen LogP contribution in [0.1, 0.15) is 11.1 Å². The van der Waals surface area contributed by atoms with Crippen molar-refractivity contribution in [2.24, 2.45) is 0 Å². The molecule has 1 fully saturated rings. The van der Waals surface area contributed by atoms with Crippen LogP contribution in [0.4, 0.5) is 13.2 Å². The predicted octanol–water partition coefficient (Wildman–Crippen LogP) is 1.90. The molecule has 1 aromatic rings. The van der Waals surface area contributed by atoms with Crippen LogP contribution < -0.4 is 0 Å². The molecule has 0 radical (unpaired) electrons. The molecule has 3 nitrogen and oxygen atoms in total. The van der Waals surface area contributed by atoms with E-state index in [1.807, 2.05) is 4.90 Å². The first-order valence-electron chi connectivity index (χ1n) is 6.09. The maximum atomic E-state index is 12.6. The van der Waals surface area contributed by atoms with Crippen LogP contribution in [-0.2, 0) is 17.5 Å². The van der Waals surface area contributed by atoms with Crippen molar-refractivity contribution in [2.75, 3.05) is 26.3 Å². The SMILES string of the molecule is O[C@H]1COCCN(Cc2cccc(C(F)(F)F)c2)C1. The molecule has 0 amide bonds. The normalized spacial score (nSPS) is 22.2. The first-order chi connectivity index (χ1) is 8.95. The summed E-state index contributed by atoms with van der Waals surface area (Å²) >= 11 is 0. The van der Waals surface area contributed by atoms with Gasteiger partial charge in [0.25, 0.3) is 0 Å². The van der Waals surface area contributed by atoms with Crippen LogP contribution >= 0.6 is 0 Å². The van der Waals surface area contributed by atoms with Crippen molar-refractivity contribution in [1.82, 2.24) is 4.90 Å². The van der Waals surface area contributed by atoms with Crippen molar-refractivity contribution in [2.45, 2.75) is 18.8 Å². The lowest BCUT2D eigenvalue weighted by molar-refractivity contribution is -0.137. The summed E-state index contributed by atoms with van der Waals surface area (Å²) < 4.78 is 43.0. The summed E-state index contributed by atoms with van der Waals surface area (Å²) in [5.74, 6) is 0. The third-order valence-electron chi connectivity index (χ3n) is 2.99. The fourth-order valence-electron chi connectivity index (χ4n) is 2.10. The van der Waals surface area contributed by atoms with E-state index in [1.165, 1.54) is 6.07 Å². The number of halogens is 3. The molecule has 0 aliphatic carbocycles. The molecule has 1 aliphatic rings. The number of aliphatic hydroxyl groups is 1. The molecule has 1 aliphatic heterocycles. The minimum Gasteiger partial charge on any atom is -0.389 e. The number of hydrogen-bond acceptors (Lipinski definition) is 3. The smallest absolute Gasteiger partial charge is 0.389 e. The van der Waals surface area contributed by atoms with Crippen molar-refractivity contribution in [3.05, 3.63) is 35.4 Å². The second-order valence-electron chi connectivity index (χ2n) is 4.66. The Balaban J connectivity index is 2.06. The van der Waals surface area contributed by atoms with E-state index < -0.39 is 17.8 Å². The van der Waals surface area contributed by atoms with E-state index >= 15 is 0 Å². The molecule has 1 N–H and O–H groups in total. The zero-order chi connectivity index (χ0) is 13.9. The molecular formula is C13H16F3NO2. The van der Waals surface area contributed by atoms with Gasteiger partial charge in [-0.3, -0.25) is 4.90 Å². The van der Waals surface area contributed by atoms with E-state index in [-0.39, 0.29) is 6.61 Å². The number of rotatable bonds is 2. The number of aliphatic hydroxyl groups excluding tert-OH is 1. The van der Waals surface area contributed by atoms with Gasteiger partial charge < -0.3 is 9.84 Å².